The van der Waals surface area contributed by atoms with Crippen molar-refractivity contribution in [3.63, 3.8) is 0 Å². The molecule has 0 unspecified atom stereocenters. The third-order valence-corrected chi connectivity index (χ3v) is 9.73. The molecule has 0 N–H and O–H groups in total. The molecule has 0 fully saturated rings. The van der Waals surface area contributed by atoms with Gasteiger partial charge in [-0.05, 0) is 35.7 Å². The zero-order valence-corrected chi connectivity index (χ0v) is 21.3. The number of fused-ring (bicyclic) bond motifs is 2. The van der Waals surface area contributed by atoms with Crippen LogP contribution < -0.4 is 5.01 Å². The highest BCUT2D eigenvalue weighted by Gasteiger charge is 2.61. The number of para-hydroxylation sites is 1. The molecule has 0 amide bonds. The van der Waals surface area contributed by atoms with Crippen LogP contribution in [-0.2, 0) is 18.5 Å². The van der Waals surface area contributed by atoms with Crippen molar-refractivity contribution in [3.8, 4) is 0 Å². The second-order valence-electron chi connectivity index (χ2n) is 8.52. The number of nitrogens with zero attached hydrogens (tertiary/aromatic N) is 2. The standard InChI is InChI=1S/C30H24N2O2S2/c1-2-34-28(33)27-31-32(24-18-10-5-11-19-24)30(35-27)26-21-13-12-20-25(26)29(36-30,22-14-6-3-7-15-22)23-16-8-4-9-17-23/h3-21H,2H2,1H3/t30-/m0/s1. The molecule has 6 heteroatoms. The van der Waals surface area contributed by atoms with E-state index in [2.05, 4.69) is 72.8 Å². The predicted molar refractivity (Wildman–Crippen MR) is 149 cm³/mol. The van der Waals surface area contributed by atoms with Gasteiger partial charge in [-0.25, -0.2) is 9.80 Å². The first kappa shape index (κ1) is 23.0. The van der Waals surface area contributed by atoms with Crippen LogP contribution in [0.5, 0.6) is 0 Å². The van der Waals surface area contributed by atoms with Crippen molar-refractivity contribution < 1.29 is 9.53 Å². The summed E-state index contributed by atoms with van der Waals surface area (Å²) in [6, 6.07) is 39.8. The second kappa shape index (κ2) is 9.19. The van der Waals surface area contributed by atoms with Gasteiger partial charge >= 0.3 is 5.97 Å². The van der Waals surface area contributed by atoms with Gasteiger partial charge in [-0.3, -0.25) is 0 Å². The topological polar surface area (TPSA) is 41.9 Å². The molecule has 2 aliphatic rings. The van der Waals surface area contributed by atoms with Crippen molar-refractivity contribution in [1.82, 2.24) is 0 Å². The molecular formula is C30H24N2O2S2. The number of hydrogen-bond acceptors (Lipinski definition) is 6. The van der Waals surface area contributed by atoms with Crippen LogP contribution in [0, 0.1) is 0 Å². The third-order valence-electron chi connectivity index (χ3n) is 6.45. The summed E-state index contributed by atoms with van der Waals surface area (Å²) in [5.74, 6) is -0.393. The Morgan fingerprint density at radius 2 is 1.31 bits per heavy atom. The zero-order valence-electron chi connectivity index (χ0n) is 19.7. The van der Waals surface area contributed by atoms with E-state index in [9.17, 15) is 4.79 Å². The molecule has 2 heterocycles. The van der Waals surface area contributed by atoms with Crippen molar-refractivity contribution in [3.05, 3.63) is 138 Å². The van der Waals surface area contributed by atoms with Gasteiger partial charge in [-0.2, -0.15) is 5.10 Å². The molecule has 4 aromatic rings. The Hall–Kier alpha value is -3.48. The molecule has 0 radical (unpaired) electrons. The number of hydrazone groups is 1. The summed E-state index contributed by atoms with van der Waals surface area (Å²) in [5, 5.41) is 7.24. The lowest BCUT2D eigenvalue weighted by molar-refractivity contribution is -0.134. The molecular weight excluding hydrogens is 484 g/mol. The van der Waals surface area contributed by atoms with E-state index in [4.69, 9.17) is 9.84 Å². The Labute approximate surface area is 219 Å². The molecule has 0 saturated carbocycles. The number of ether oxygens (including phenoxy) is 1. The molecule has 2 aliphatic heterocycles. The van der Waals surface area contributed by atoms with Crippen molar-refractivity contribution >= 4 is 40.2 Å². The minimum absolute atomic E-state index is 0.304. The van der Waals surface area contributed by atoms with Crippen LogP contribution in [0.2, 0.25) is 0 Å². The third kappa shape index (κ3) is 3.47. The number of carbonyl (C=O) groups is 1. The number of thioether (sulfide) groups is 2. The van der Waals surface area contributed by atoms with Crippen LogP contribution in [0.15, 0.2) is 120 Å². The number of anilines is 1. The Morgan fingerprint density at radius 1 is 0.778 bits per heavy atom. The van der Waals surface area contributed by atoms with Crippen molar-refractivity contribution in [1.29, 1.82) is 0 Å². The molecule has 6 rings (SSSR count). The highest BCUT2D eigenvalue weighted by atomic mass is 32.2. The fourth-order valence-corrected chi connectivity index (χ4v) is 8.54. The molecule has 0 bridgehead atoms. The van der Waals surface area contributed by atoms with Gasteiger partial charge in [0.1, 0.15) is 0 Å². The SMILES string of the molecule is CCOC(=O)C1=NN(c2ccccc2)[C@@]2(S1)SC(c1ccccc1)(c1ccccc1)c1ccccc12. The van der Waals surface area contributed by atoms with Crippen LogP contribution in [0.4, 0.5) is 5.69 Å². The fraction of sp³-hybridized carbons (Fsp3) is 0.133. The smallest absolute Gasteiger partial charge is 0.365 e. The average Bonchev–Trinajstić information content (AvgIpc) is 3.48. The Kier molecular flexibility index (Phi) is 5.86. The summed E-state index contributed by atoms with van der Waals surface area (Å²) in [5.41, 5.74) is 5.61. The van der Waals surface area contributed by atoms with Crippen LogP contribution in [0.25, 0.3) is 0 Å². The second-order valence-corrected chi connectivity index (χ2v) is 11.4. The molecule has 36 heavy (non-hydrogen) atoms. The van der Waals surface area contributed by atoms with Crippen molar-refractivity contribution in [2.24, 2.45) is 5.10 Å². The van der Waals surface area contributed by atoms with E-state index in [1.807, 2.05) is 66.2 Å². The lowest BCUT2D eigenvalue weighted by Gasteiger charge is -2.37. The number of carbonyl (C=O) groups excluding carboxylic acids is 1. The van der Waals surface area contributed by atoms with Crippen LogP contribution in [-0.4, -0.2) is 17.6 Å². The number of rotatable bonds is 5. The van der Waals surface area contributed by atoms with Crippen LogP contribution in [0.1, 0.15) is 29.2 Å². The van der Waals surface area contributed by atoms with Gasteiger partial charge in [0.2, 0.25) is 5.04 Å². The van der Waals surface area contributed by atoms with Gasteiger partial charge in [0.05, 0.1) is 17.0 Å². The lowest BCUT2D eigenvalue weighted by Crippen LogP contribution is -2.34. The maximum absolute atomic E-state index is 13.0. The first-order valence-electron chi connectivity index (χ1n) is 11.9. The first-order chi connectivity index (χ1) is 17.7. The summed E-state index contributed by atoms with van der Waals surface area (Å²) in [6.45, 7) is 2.12. The molecule has 4 nitrogen and oxygen atoms in total. The summed E-state index contributed by atoms with van der Waals surface area (Å²) in [6.07, 6.45) is 0. The van der Waals surface area contributed by atoms with E-state index in [0.29, 0.717) is 11.7 Å². The summed E-state index contributed by atoms with van der Waals surface area (Å²) in [4.78, 5) is 13.0. The van der Waals surface area contributed by atoms with Gasteiger partial charge < -0.3 is 4.74 Å². The Balaban J connectivity index is 1.62. The minimum Gasteiger partial charge on any atom is -0.461 e. The summed E-state index contributed by atoms with van der Waals surface area (Å²) < 4.78 is 4.19. The highest BCUT2D eigenvalue weighted by Crippen LogP contribution is 2.70. The van der Waals surface area contributed by atoms with E-state index >= 15 is 0 Å². The zero-order chi connectivity index (χ0) is 24.6. The molecule has 1 spiro atoms. The Bertz CT molecular complexity index is 1390. The van der Waals surface area contributed by atoms with Gasteiger partial charge in [0, 0.05) is 5.56 Å². The van der Waals surface area contributed by atoms with E-state index in [-0.39, 0.29) is 0 Å². The van der Waals surface area contributed by atoms with Crippen LogP contribution in [0.3, 0.4) is 0 Å². The monoisotopic (exact) mass is 508 g/mol. The van der Waals surface area contributed by atoms with Gasteiger partial charge in [0.25, 0.3) is 0 Å². The molecule has 1 atom stereocenters. The van der Waals surface area contributed by atoms with Crippen molar-refractivity contribution in [2.75, 3.05) is 11.6 Å². The predicted octanol–water partition coefficient (Wildman–Crippen LogP) is 6.97. The summed E-state index contributed by atoms with van der Waals surface area (Å²) in [7, 11) is 0. The maximum atomic E-state index is 13.0. The van der Waals surface area contributed by atoms with Gasteiger partial charge in [-0.15, -0.1) is 0 Å². The summed E-state index contributed by atoms with van der Waals surface area (Å²) >= 11 is 3.28. The van der Waals surface area contributed by atoms with Gasteiger partial charge in [-0.1, -0.05) is 127 Å². The van der Waals surface area contributed by atoms with E-state index in [1.165, 1.54) is 28.5 Å². The van der Waals surface area contributed by atoms with Crippen molar-refractivity contribution in [2.45, 2.75) is 15.9 Å². The Morgan fingerprint density at radius 3 is 1.89 bits per heavy atom. The quantitative estimate of drug-likeness (QED) is 0.273. The first-order valence-corrected chi connectivity index (χ1v) is 13.5. The maximum Gasteiger partial charge on any atom is 0.365 e. The molecule has 0 aromatic heterocycles. The normalized spacial score (nSPS) is 19.7. The highest BCUT2D eigenvalue weighted by molar-refractivity contribution is 8.27. The van der Waals surface area contributed by atoms with E-state index < -0.39 is 14.9 Å². The lowest BCUT2D eigenvalue weighted by atomic mass is 9.82. The minimum atomic E-state index is -0.703. The molecule has 0 aliphatic carbocycles. The average molecular weight is 509 g/mol. The van der Waals surface area contributed by atoms with Gasteiger partial charge in [0.15, 0.2) is 4.20 Å². The van der Waals surface area contributed by atoms with Crippen LogP contribution >= 0.6 is 23.5 Å². The van der Waals surface area contributed by atoms with E-state index in [1.54, 1.807) is 0 Å². The molecule has 4 aromatic carbocycles. The molecule has 0 saturated heterocycles. The number of esters is 1. The fourth-order valence-electron chi connectivity index (χ4n) is 4.98. The van der Waals surface area contributed by atoms with E-state index in [0.717, 1.165) is 11.3 Å². The number of hydrogen-bond donors (Lipinski definition) is 0. The number of benzene rings is 4. The largest absolute Gasteiger partial charge is 0.461 e. The molecule has 178 valence electrons.